The first-order chi connectivity index (χ1) is 7.61. The van der Waals surface area contributed by atoms with Gasteiger partial charge in [-0.1, -0.05) is 33.1 Å². The Morgan fingerprint density at radius 2 is 1.88 bits per heavy atom. The molecule has 1 atom stereocenters. The second kappa shape index (κ2) is 9.64. The summed E-state index contributed by atoms with van der Waals surface area (Å²) in [4.78, 5) is 13.0. The molecule has 3 heteroatoms. The molecule has 0 spiro atoms. The van der Waals surface area contributed by atoms with E-state index < -0.39 is 0 Å². The van der Waals surface area contributed by atoms with Crippen LogP contribution in [0.2, 0.25) is 0 Å². The van der Waals surface area contributed by atoms with Crippen molar-refractivity contribution in [3.8, 4) is 0 Å². The second-order valence-corrected chi connectivity index (χ2v) is 4.62. The Hall–Kier alpha value is -0.570. The van der Waals surface area contributed by atoms with E-state index in [2.05, 4.69) is 19.2 Å². The Bertz CT molecular complexity index is 181. The lowest BCUT2D eigenvalue weighted by Crippen LogP contribution is -2.33. The van der Waals surface area contributed by atoms with Gasteiger partial charge in [0.05, 0.1) is 0 Å². The van der Waals surface area contributed by atoms with Crippen LogP contribution in [0.4, 0.5) is 0 Å². The molecule has 1 amide bonds. The van der Waals surface area contributed by atoms with Crippen LogP contribution in [0.15, 0.2) is 0 Å². The SMILES string of the molecule is CCCCC(CCC)NCCC(=O)N(C)C. The van der Waals surface area contributed by atoms with Crippen LogP contribution >= 0.6 is 0 Å². The van der Waals surface area contributed by atoms with Crippen molar-refractivity contribution >= 4 is 5.91 Å². The molecule has 1 N–H and O–H groups in total. The first-order valence-corrected chi connectivity index (χ1v) is 6.55. The van der Waals surface area contributed by atoms with Gasteiger partial charge in [0.25, 0.3) is 0 Å². The van der Waals surface area contributed by atoms with Crippen LogP contribution in [0.3, 0.4) is 0 Å². The second-order valence-electron chi connectivity index (χ2n) is 4.62. The van der Waals surface area contributed by atoms with Crippen LogP contribution < -0.4 is 5.32 Å². The first-order valence-electron chi connectivity index (χ1n) is 6.55. The molecule has 0 aliphatic heterocycles. The Morgan fingerprint density at radius 1 is 1.19 bits per heavy atom. The van der Waals surface area contributed by atoms with Gasteiger partial charge in [0, 0.05) is 33.1 Å². The topological polar surface area (TPSA) is 32.3 Å². The van der Waals surface area contributed by atoms with Crippen molar-refractivity contribution < 1.29 is 4.79 Å². The maximum Gasteiger partial charge on any atom is 0.223 e. The summed E-state index contributed by atoms with van der Waals surface area (Å²) in [7, 11) is 3.62. The van der Waals surface area contributed by atoms with Gasteiger partial charge in [0.1, 0.15) is 0 Å². The molecular formula is C13H28N2O. The molecule has 96 valence electrons. The lowest BCUT2D eigenvalue weighted by molar-refractivity contribution is -0.128. The summed E-state index contributed by atoms with van der Waals surface area (Å²) in [6.45, 7) is 5.25. The number of unbranched alkanes of at least 4 members (excludes halogenated alkanes) is 1. The van der Waals surface area contributed by atoms with E-state index in [9.17, 15) is 4.79 Å². The van der Waals surface area contributed by atoms with Crippen molar-refractivity contribution in [1.29, 1.82) is 0 Å². The van der Waals surface area contributed by atoms with E-state index in [0.29, 0.717) is 12.5 Å². The van der Waals surface area contributed by atoms with Crippen molar-refractivity contribution in [2.24, 2.45) is 0 Å². The molecule has 0 aliphatic carbocycles. The smallest absolute Gasteiger partial charge is 0.223 e. The highest BCUT2D eigenvalue weighted by molar-refractivity contribution is 5.75. The molecule has 0 aromatic heterocycles. The molecule has 16 heavy (non-hydrogen) atoms. The van der Waals surface area contributed by atoms with Gasteiger partial charge in [-0.05, 0) is 12.8 Å². The summed E-state index contributed by atoms with van der Waals surface area (Å²) in [6, 6.07) is 0.597. The molecule has 0 saturated heterocycles. The fourth-order valence-electron chi connectivity index (χ4n) is 1.75. The largest absolute Gasteiger partial charge is 0.349 e. The highest BCUT2D eigenvalue weighted by atomic mass is 16.2. The number of carbonyl (C=O) groups excluding carboxylic acids is 1. The molecule has 0 fully saturated rings. The maximum absolute atomic E-state index is 11.4. The molecule has 0 rings (SSSR count). The molecule has 0 aromatic rings. The monoisotopic (exact) mass is 228 g/mol. The van der Waals surface area contributed by atoms with Crippen molar-refractivity contribution in [3.63, 3.8) is 0 Å². The summed E-state index contributed by atoms with van der Waals surface area (Å²) in [5.74, 6) is 0.207. The van der Waals surface area contributed by atoms with Crippen molar-refractivity contribution in [2.75, 3.05) is 20.6 Å². The fourth-order valence-corrected chi connectivity index (χ4v) is 1.75. The molecule has 1 unspecified atom stereocenters. The molecular weight excluding hydrogens is 200 g/mol. The molecule has 0 saturated carbocycles. The average molecular weight is 228 g/mol. The zero-order valence-electron chi connectivity index (χ0n) is 11.4. The quantitative estimate of drug-likeness (QED) is 0.657. The van der Waals surface area contributed by atoms with Gasteiger partial charge >= 0.3 is 0 Å². The lowest BCUT2D eigenvalue weighted by Gasteiger charge is -2.18. The molecule has 0 aliphatic rings. The Labute approximate surface area is 101 Å². The fraction of sp³-hybridized carbons (Fsp3) is 0.923. The Balaban J connectivity index is 3.70. The van der Waals surface area contributed by atoms with Crippen molar-refractivity contribution in [2.45, 2.75) is 58.4 Å². The number of hydrogen-bond acceptors (Lipinski definition) is 2. The summed E-state index contributed by atoms with van der Waals surface area (Å²) in [5.41, 5.74) is 0. The molecule has 0 bridgehead atoms. The first kappa shape index (κ1) is 15.4. The number of carbonyl (C=O) groups is 1. The zero-order chi connectivity index (χ0) is 12.4. The average Bonchev–Trinajstić information content (AvgIpc) is 2.25. The van der Waals surface area contributed by atoms with Crippen LogP contribution in [0, 0.1) is 0 Å². The number of rotatable bonds is 9. The maximum atomic E-state index is 11.4. The minimum atomic E-state index is 0.207. The van der Waals surface area contributed by atoms with Gasteiger partial charge in [0.15, 0.2) is 0 Å². The number of nitrogens with zero attached hydrogens (tertiary/aromatic N) is 1. The van der Waals surface area contributed by atoms with Crippen LogP contribution in [0.1, 0.15) is 52.4 Å². The minimum Gasteiger partial charge on any atom is -0.349 e. The third-order valence-corrected chi connectivity index (χ3v) is 2.81. The van der Waals surface area contributed by atoms with Crippen molar-refractivity contribution in [1.82, 2.24) is 10.2 Å². The van der Waals surface area contributed by atoms with Crippen molar-refractivity contribution in [3.05, 3.63) is 0 Å². The number of amides is 1. The van der Waals surface area contributed by atoms with Crippen LogP contribution in [-0.2, 0) is 4.79 Å². The van der Waals surface area contributed by atoms with Gasteiger partial charge in [-0.3, -0.25) is 4.79 Å². The van der Waals surface area contributed by atoms with E-state index >= 15 is 0 Å². The highest BCUT2D eigenvalue weighted by Gasteiger charge is 2.08. The number of hydrogen-bond donors (Lipinski definition) is 1. The Morgan fingerprint density at radius 3 is 2.38 bits per heavy atom. The van der Waals surface area contributed by atoms with Gasteiger partial charge in [-0.25, -0.2) is 0 Å². The van der Waals surface area contributed by atoms with E-state index in [1.54, 1.807) is 4.90 Å². The Kier molecular flexibility index (Phi) is 9.30. The molecule has 0 heterocycles. The van der Waals surface area contributed by atoms with Gasteiger partial charge in [-0.15, -0.1) is 0 Å². The van der Waals surface area contributed by atoms with Crippen LogP contribution in [-0.4, -0.2) is 37.5 Å². The predicted molar refractivity (Wildman–Crippen MR) is 69.5 cm³/mol. The van der Waals surface area contributed by atoms with Gasteiger partial charge in [0.2, 0.25) is 5.91 Å². The summed E-state index contributed by atoms with van der Waals surface area (Å²) < 4.78 is 0. The van der Waals surface area contributed by atoms with E-state index in [1.807, 2.05) is 14.1 Å². The summed E-state index contributed by atoms with van der Waals surface area (Å²) >= 11 is 0. The van der Waals surface area contributed by atoms with E-state index in [1.165, 1.54) is 32.1 Å². The summed E-state index contributed by atoms with van der Waals surface area (Å²) in [5, 5.41) is 3.49. The van der Waals surface area contributed by atoms with E-state index in [-0.39, 0.29) is 5.91 Å². The standard InChI is InChI=1S/C13H28N2O/c1-5-7-9-12(8-6-2)14-11-10-13(16)15(3)4/h12,14H,5-11H2,1-4H3. The zero-order valence-corrected chi connectivity index (χ0v) is 11.4. The highest BCUT2D eigenvalue weighted by Crippen LogP contribution is 2.06. The van der Waals surface area contributed by atoms with E-state index in [4.69, 9.17) is 0 Å². The number of nitrogens with one attached hydrogen (secondary N) is 1. The predicted octanol–water partition coefficient (Wildman–Crippen LogP) is 2.41. The molecule has 0 radical (unpaired) electrons. The van der Waals surface area contributed by atoms with Crippen LogP contribution in [0.25, 0.3) is 0 Å². The van der Waals surface area contributed by atoms with E-state index in [0.717, 1.165) is 6.54 Å². The molecule has 0 aromatic carbocycles. The normalized spacial score (nSPS) is 12.5. The third kappa shape index (κ3) is 7.69. The van der Waals surface area contributed by atoms with Crippen LogP contribution in [0.5, 0.6) is 0 Å². The third-order valence-electron chi connectivity index (χ3n) is 2.81. The summed E-state index contributed by atoms with van der Waals surface area (Å²) in [6.07, 6.45) is 6.80. The minimum absolute atomic E-state index is 0.207. The molecule has 3 nitrogen and oxygen atoms in total. The lowest BCUT2D eigenvalue weighted by atomic mass is 10.1. The van der Waals surface area contributed by atoms with Gasteiger partial charge in [-0.2, -0.15) is 0 Å². The van der Waals surface area contributed by atoms with Gasteiger partial charge < -0.3 is 10.2 Å².